The zero-order chi connectivity index (χ0) is 18.6. The molecule has 4 rings (SSSR count). The lowest BCUT2D eigenvalue weighted by atomic mass is 10.2. The fourth-order valence-corrected chi connectivity index (χ4v) is 2.85. The van der Waals surface area contributed by atoms with Gasteiger partial charge in [0.15, 0.2) is 5.82 Å². The summed E-state index contributed by atoms with van der Waals surface area (Å²) in [5.41, 5.74) is 1.67. The summed E-state index contributed by atoms with van der Waals surface area (Å²) >= 11 is 0. The average Bonchev–Trinajstić information content (AvgIpc) is 3.43. The maximum absolute atomic E-state index is 12.5. The number of nitrogens with one attached hydrogen (secondary N) is 1. The van der Waals surface area contributed by atoms with Crippen molar-refractivity contribution < 1.29 is 9.53 Å². The van der Waals surface area contributed by atoms with E-state index in [0.29, 0.717) is 24.0 Å². The maximum atomic E-state index is 12.5. The SMILES string of the molecule is CC(NC(=O)c1ccc(OCc2ccccc2)cc1)c1nnnn1C1CC1. The van der Waals surface area contributed by atoms with Crippen LogP contribution in [0.15, 0.2) is 54.6 Å². The van der Waals surface area contributed by atoms with Crippen LogP contribution < -0.4 is 10.1 Å². The maximum Gasteiger partial charge on any atom is 0.251 e. The third-order valence-corrected chi connectivity index (χ3v) is 4.51. The smallest absolute Gasteiger partial charge is 0.251 e. The van der Waals surface area contributed by atoms with Crippen molar-refractivity contribution in [1.82, 2.24) is 25.5 Å². The Balaban J connectivity index is 1.35. The second-order valence-electron chi connectivity index (χ2n) is 6.71. The van der Waals surface area contributed by atoms with Crippen molar-refractivity contribution in [2.75, 3.05) is 0 Å². The number of nitrogens with zero attached hydrogens (tertiary/aromatic N) is 4. The van der Waals surface area contributed by atoms with E-state index in [1.165, 1.54) is 0 Å². The van der Waals surface area contributed by atoms with Gasteiger partial charge in [-0.3, -0.25) is 4.79 Å². The van der Waals surface area contributed by atoms with E-state index in [9.17, 15) is 4.79 Å². The third kappa shape index (κ3) is 4.13. The molecule has 0 spiro atoms. The molecule has 2 aromatic carbocycles. The first kappa shape index (κ1) is 17.2. The summed E-state index contributed by atoms with van der Waals surface area (Å²) < 4.78 is 7.57. The van der Waals surface area contributed by atoms with Crippen LogP contribution in [0.4, 0.5) is 0 Å². The van der Waals surface area contributed by atoms with Crippen LogP contribution in [0.2, 0.25) is 0 Å². The first-order valence-corrected chi connectivity index (χ1v) is 9.06. The van der Waals surface area contributed by atoms with E-state index >= 15 is 0 Å². The van der Waals surface area contributed by atoms with Crippen LogP contribution >= 0.6 is 0 Å². The number of amides is 1. The quantitative estimate of drug-likeness (QED) is 0.698. The van der Waals surface area contributed by atoms with Gasteiger partial charge in [0.05, 0.1) is 12.1 Å². The highest BCUT2D eigenvalue weighted by atomic mass is 16.5. The van der Waals surface area contributed by atoms with Crippen LogP contribution in [0, 0.1) is 0 Å². The van der Waals surface area contributed by atoms with Crippen LogP contribution in [0.5, 0.6) is 5.75 Å². The van der Waals surface area contributed by atoms with Gasteiger partial charge in [-0.2, -0.15) is 0 Å². The van der Waals surface area contributed by atoms with Gasteiger partial charge in [-0.1, -0.05) is 30.3 Å². The van der Waals surface area contributed by atoms with Crippen molar-refractivity contribution >= 4 is 5.91 Å². The summed E-state index contributed by atoms with van der Waals surface area (Å²) in [7, 11) is 0. The molecule has 1 saturated carbocycles. The largest absolute Gasteiger partial charge is 0.489 e. The van der Waals surface area contributed by atoms with E-state index in [1.54, 1.807) is 24.3 Å². The highest BCUT2D eigenvalue weighted by molar-refractivity contribution is 5.94. The Morgan fingerprint density at radius 2 is 1.93 bits per heavy atom. The Morgan fingerprint density at radius 1 is 1.19 bits per heavy atom. The molecule has 1 unspecified atom stereocenters. The van der Waals surface area contributed by atoms with Gasteiger partial charge in [0.2, 0.25) is 0 Å². The van der Waals surface area contributed by atoms with E-state index in [2.05, 4.69) is 20.8 Å². The lowest BCUT2D eigenvalue weighted by molar-refractivity contribution is 0.0937. The molecule has 7 nitrogen and oxygen atoms in total. The van der Waals surface area contributed by atoms with Gasteiger partial charge in [-0.05, 0) is 60.0 Å². The van der Waals surface area contributed by atoms with Crippen molar-refractivity contribution in [3.8, 4) is 5.75 Å². The number of ether oxygens (including phenoxy) is 1. The standard InChI is InChI=1S/C20H21N5O2/c1-14(19-22-23-24-25(19)17-9-10-17)21-20(26)16-7-11-18(12-8-16)27-13-15-5-3-2-4-6-15/h2-8,11-12,14,17H,9-10,13H2,1H3,(H,21,26). The van der Waals surface area contributed by atoms with Crippen molar-refractivity contribution in [2.45, 2.75) is 38.5 Å². The van der Waals surface area contributed by atoms with Crippen LogP contribution in [0.25, 0.3) is 0 Å². The molecular weight excluding hydrogens is 342 g/mol. The molecule has 138 valence electrons. The second kappa shape index (κ2) is 7.57. The molecule has 0 radical (unpaired) electrons. The lowest BCUT2D eigenvalue weighted by Crippen LogP contribution is -2.28. The molecule has 27 heavy (non-hydrogen) atoms. The Kier molecular flexibility index (Phi) is 4.82. The van der Waals surface area contributed by atoms with E-state index in [-0.39, 0.29) is 11.9 Å². The lowest BCUT2D eigenvalue weighted by Gasteiger charge is -2.14. The highest BCUT2D eigenvalue weighted by Crippen LogP contribution is 2.35. The van der Waals surface area contributed by atoms with Gasteiger partial charge >= 0.3 is 0 Å². The van der Waals surface area contributed by atoms with Crippen molar-refractivity contribution in [1.29, 1.82) is 0 Å². The third-order valence-electron chi connectivity index (χ3n) is 4.51. The molecule has 1 aliphatic rings. The van der Waals surface area contributed by atoms with Gasteiger partial charge < -0.3 is 10.1 Å². The summed E-state index contributed by atoms with van der Waals surface area (Å²) in [4.78, 5) is 12.5. The fourth-order valence-electron chi connectivity index (χ4n) is 2.85. The van der Waals surface area contributed by atoms with Gasteiger partial charge in [0, 0.05) is 5.56 Å². The van der Waals surface area contributed by atoms with Crippen molar-refractivity contribution in [3.05, 3.63) is 71.5 Å². The molecular formula is C20H21N5O2. The molecule has 0 saturated heterocycles. The summed E-state index contributed by atoms with van der Waals surface area (Å²) in [5, 5.41) is 14.8. The molecule has 7 heteroatoms. The van der Waals surface area contributed by atoms with Crippen LogP contribution in [0.1, 0.15) is 53.6 Å². The Hall–Kier alpha value is -3.22. The predicted molar refractivity (Wildman–Crippen MR) is 99.2 cm³/mol. The number of carbonyl (C=O) groups is 1. The monoisotopic (exact) mass is 363 g/mol. The molecule has 1 atom stereocenters. The highest BCUT2D eigenvalue weighted by Gasteiger charge is 2.29. The fraction of sp³-hybridized carbons (Fsp3) is 0.300. The minimum Gasteiger partial charge on any atom is -0.489 e. The van der Waals surface area contributed by atoms with Crippen molar-refractivity contribution in [3.63, 3.8) is 0 Å². The summed E-state index contributed by atoms with van der Waals surface area (Å²) in [6.07, 6.45) is 2.17. The van der Waals surface area contributed by atoms with Crippen molar-refractivity contribution in [2.24, 2.45) is 0 Å². The molecule has 0 aliphatic heterocycles. The molecule has 0 bridgehead atoms. The van der Waals surface area contributed by atoms with E-state index in [1.807, 2.05) is 41.9 Å². The number of rotatable bonds is 7. The van der Waals surface area contributed by atoms with Crippen LogP contribution in [0.3, 0.4) is 0 Å². The zero-order valence-corrected chi connectivity index (χ0v) is 15.1. The summed E-state index contributed by atoms with van der Waals surface area (Å²) in [6, 6.07) is 17.2. The number of carbonyl (C=O) groups excluding carboxylic acids is 1. The van der Waals surface area contributed by atoms with Gasteiger partial charge in [-0.25, -0.2) is 4.68 Å². The summed E-state index contributed by atoms with van der Waals surface area (Å²) in [6.45, 7) is 2.38. The zero-order valence-electron chi connectivity index (χ0n) is 15.1. The molecule has 3 aromatic rings. The topological polar surface area (TPSA) is 81.9 Å². The number of aromatic nitrogens is 4. The van der Waals surface area contributed by atoms with Gasteiger partial charge in [0.1, 0.15) is 12.4 Å². The number of hydrogen-bond acceptors (Lipinski definition) is 5. The normalized spacial score (nSPS) is 14.6. The Labute approximate surface area is 157 Å². The second-order valence-corrected chi connectivity index (χ2v) is 6.71. The molecule has 1 aliphatic carbocycles. The van der Waals surface area contributed by atoms with E-state index < -0.39 is 0 Å². The van der Waals surface area contributed by atoms with E-state index in [0.717, 1.165) is 24.2 Å². The minimum absolute atomic E-state index is 0.164. The average molecular weight is 363 g/mol. The van der Waals surface area contributed by atoms with Gasteiger partial charge in [0.25, 0.3) is 5.91 Å². The molecule has 1 heterocycles. The number of hydrogen-bond donors (Lipinski definition) is 1. The number of tetrazole rings is 1. The molecule has 1 amide bonds. The summed E-state index contributed by atoms with van der Waals surface area (Å²) in [5.74, 6) is 1.25. The predicted octanol–water partition coefficient (Wildman–Crippen LogP) is 3.08. The van der Waals surface area contributed by atoms with Crippen LogP contribution in [-0.4, -0.2) is 26.1 Å². The molecule has 1 N–H and O–H groups in total. The Morgan fingerprint density at radius 3 is 2.63 bits per heavy atom. The van der Waals surface area contributed by atoms with E-state index in [4.69, 9.17) is 4.74 Å². The first-order valence-electron chi connectivity index (χ1n) is 9.06. The Bertz CT molecular complexity index is 904. The molecule has 1 fully saturated rings. The van der Waals surface area contributed by atoms with Crippen LogP contribution in [-0.2, 0) is 6.61 Å². The number of benzene rings is 2. The minimum atomic E-state index is -0.262. The first-order chi connectivity index (χ1) is 13.2. The molecule has 1 aromatic heterocycles. The van der Waals surface area contributed by atoms with Gasteiger partial charge in [-0.15, -0.1) is 5.10 Å².